The van der Waals surface area contributed by atoms with E-state index >= 15 is 0 Å². The van der Waals surface area contributed by atoms with Crippen molar-refractivity contribution in [3.8, 4) is 11.5 Å². The van der Waals surface area contributed by atoms with Crippen molar-refractivity contribution >= 4 is 35.2 Å². The van der Waals surface area contributed by atoms with Crippen LogP contribution in [0.25, 0.3) is 6.08 Å². The summed E-state index contributed by atoms with van der Waals surface area (Å²) < 4.78 is 10.2. The van der Waals surface area contributed by atoms with Crippen molar-refractivity contribution in [1.29, 1.82) is 0 Å². The highest BCUT2D eigenvalue weighted by molar-refractivity contribution is 6.08. The molecule has 2 N–H and O–H groups in total. The molecule has 0 fully saturated rings. The van der Waals surface area contributed by atoms with Crippen molar-refractivity contribution in [2.45, 2.75) is 13.8 Å². The zero-order chi connectivity index (χ0) is 22.3. The minimum absolute atomic E-state index is 0.101. The second-order valence-corrected chi connectivity index (χ2v) is 6.00. The third-order valence-electron chi connectivity index (χ3n) is 3.62. The number of anilines is 1. The number of nitrogens with zero attached hydrogens (tertiary/aromatic N) is 1. The Hall–Kier alpha value is -4.21. The maximum atomic E-state index is 12.6. The summed E-state index contributed by atoms with van der Waals surface area (Å²) in [6, 6.07) is 9.94. The maximum absolute atomic E-state index is 12.6. The summed E-state index contributed by atoms with van der Waals surface area (Å²) in [5.74, 6) is -1.25. The number of hydrogen-bond donors (Lipinski definition) is 2. The van der Waals surface area contributed by atoms with Crippen LogP contribution in [0.1, 0.15) is 19.4 Å². The van der Waals surface area contributed by atoms with Gasteiger partial charge < -0.3 is 20.1 Å². The summed E-state index contributed by atoms with van der Waals surface area (Å²) in [5, 5.41) is 15.8. The van der Waals surface area contributed by atoms with Gasteiger partial charge >= 0.3 is 5.97 Å². The summed E-state index contributed by atoms with van der Waals surface area (Å²) >= 11 is 0. The summed E-state index contributed by atoms with van der Waals surface area (Å²) in [5.41, 5.74) is 0.369. The zero-order valence-corrected chi connectivity index (χ0v) is 16.4. The van der Waals surface area contributed by atoms with Crippen LogP contribution in [0.15, 0.2) is 48.2 Å². The molecule has 0 aliphatic rings. The van der Waals surface area contributed by atoms with Gasteiger partial charge in [-0.2, -0.15) is 0 Å². The second kappa shape index (κ2) is 9.82. The van der Waals surface area contributed by atoms with Crippen LogP contribution in [-0.4, -0.2) is 29.8 Å². The van der Waals surface area contributed by atoms with Crippen molar-refractivity contribution in [1.82, 2.24) is 5.32 Å². The Labute approximate surface area is 171 Å². The molecule has 2 rings (SSSR count). The normalized spacial score (nSPS) is 10.7. The fourth-order valence-corrected chi connectivity index (χ4v) is 2.42. The Balaban J connectivity index is 2.34. The van der Waals surface area contributed by atoms with Crippen LogP contribution in [-0.2, 0) is 14.4 Å². The number of methoxy groups -OCH3 is 1. The van der Waals surface area contributed by atoms with Crippen LogP contribution >= 0.6 is 0 Å². The number of benzene rings is 2. The standard InChI is InChI=1S/C20H19N3O7/c1-12(24)21-17(20(26)22-15-5-4-6-16(11-15)23(27)28)9-14-7-8-18(30-13(2)25)19(10-14)29-3/h4-11H,1-3H3,(H,21,24)(H,22,26). The van der Waals surface area contributed by atoms with Crippen LogP contribution in [0.5, 0.6) is 11.5 Å². The van der Waals surface area contributed by atoms with Gasteiger partial charge in [0.2, 0.25) is 5.91 Å². The third-order valence-corrected chi connectivity index (χ3v) is 3.62. The van der Waals surface area contributed by atoms with E-state index in [1.54, 1.807) is 6.07 Å². The van der Waals surface area contributed by atoms with E-state index in [2.05, 4.69) is 10.6 Å². The Morgan fingerprint density at radius 3 is 2.40 bits per heavy atom. The molecule has 0 aromatic heterocycles. The predicted octanol–water partition coefficient (Wildman–Crippen LogP) is 2.64. The highest BCUT2D eigenvalue weighted by Gasteiger charge is 2.15. The number of hydrogen-bond acceptors (Lipinski definition) is 7. The molecule has 10 heteroatoms. The number of nitro groups is 1. The van der Waals surface area contributed by atoms with E-state index in [4.69, 9.17) is 9.47 Å². The van der Waals surface area contributed by atoms with Crippen molar-refractivity contribution < 1.29 is 28.8 Å². The van der Waals surface area contributed by atoms with Crippen LogP contribution in [0.3, 0.4) is 0 Å². The monoisotopic (exact) mass is 413 g/mol. The summed E-state index contributed by atoms with van der Waals surface area (Å²) in [6.07, 6.45) is 1.38. The van der Waals surface area contributed by atoms with Gasteiger partial charge in [0.25, 0.3) is 11.6 Å². The van der Waals surface area contributed by atoms with Gasteiger partial charge in [0.1, 0.15) is 5.70 Å². The van der Waals surface area contributed by atoms with Crippen molar-refractivity contribution in [2.75, 3.05) is 12.4 Å². The topological polar surface area (TPSA) is 137 Å². The van der Waals surface area contributed by atoms with Gasteiger partial charge in [-0.05, 0) is 29.8 Å². The number of esters is 1. The molecule has 0 radical (unpaired) electrons. The van der Waals surface area contributed by atoms with Crippen molar-refractivity contribution in [2.24, 2.45) is 0 Å². The summed E-state index contributed by atoms with van der Waals surface area (Å²) in [4.78, 5) is 45.6. The molecule has 0 spiro atoms. The highest BCUT2D eigenvalue weighted by Crippen LogP contribution is 2.29. The molecule has 2 aromatic carbocycles. The molecule has 0 aliphatic carbocycles. The van der Waals surface area contributed by atoms with Crippen molar-refractivity contribution in [3.63, 3.8) is 0 Å². The number of ether oxygens (including phenoxy) is 2. The van der Waals surface area contributed by atoms with Crippen LogP contribution in [0, 0.1) is 10.1 Å². The number of carbonyl (C=O) groups excluding carboxylic acids is 3. The molecule has 0 saturated carbocycles. The number of nitro benzene ring substituents is 1. The van der Waals surface area contributed by atoms with E-state index < -0.39 is 22.7 Å². The molecule has 10 nitrogen and oxygen atoms in total. The quantitative estimate of drug-likeness (QED) is 0.234. The Morgan fingerprint density at radius 1 is 1.07 bits per heavy atom. The fourth-order valence-electron chi connectivity index (χ4n) is 2.42. The van der Waals surface area contributed by atoms with Gasteiger partial charge in [-0.25, -0.2) is 0 Å². The van der Waals surface area contributed by atoms with E-state index in [0.717, 1.165) is 0 Å². The molecular formula is C20H19N3O7. The van der Waals surface area contributed by atoms with Crippen molar-refractivity contribution in [3.05, 3.63) is 63.8 Å². The van der Waals surface area contributed by atoms with E-state index in [1.165, 1.54) is 63.4 Å². The predicted molar refractivity (Wildman–Crippen MR) is 108 cm³/mol. The van der Waals surface area contributed by atoms with Gasteiger partial charge in [0.15, 0.2) is 11.5 Å². The van der Waals surface area contributed by atoms with E-state index in [-0.39, 0.29) is 28.6 Å². The first kappa shape index (κ1) is 22.1. The molecule has 0 atom stereocenters. The van der Waals surface area contributed by atoms with Crippen LogP contribution in [0.4, 0.5) is 11.4 Å². The Bertz CT molecular complexity index is 1030. The minimum atomic E-state index is -0.686. The fraction of sp³-hybridized carbons (Fsp3) is 0.150. The van der Waals surface area contributed by atoms with Crippen LogP contribution in [0.2, 0.25) is 0 Å². The highest BCUT2D eigenvalue weighted by atomic mass is 16.6. The van der Waals surface area contributed by atoms with E-state index in [0.29, 0.717) is 5.56 Å². The van der Waals surface area contributed by atoms with Gasteiger partial charge in [0.05, 0.1) is 12.0 Å². The lowest BCUT2D eigenvalue weighted by molar-refractivity contribution is -0.384. The summed E-state index contributed by atoms with van der Waals surface area (Å²) in [6.45, 7) is 2.49. The number of amides is 2. The average molecular weight is 413 g/mol. The molecular weight excluding hydrogens is 394 g/mol. The molecule has 30 heavy (non-hydrogen) atoms. The molecule has 0 saturated heterocycles. The lowest BCUT2D eigenvalue weighted by atomic mass is 10.1. The smallest absolute Gasteiger partial charge is 0.308 e. The molecule has 2 amide bonds. The van der Waals surface area contributed by atoms with E-state index in [9.17, 15) is 24.5 Å². The first-order chi connectivity index (χ1) is 14.2. The SMILES string of the molecule is COc1cc(C=C(NC(C)=O)C(=O)Nc2cccc([N+](=O)[O-])c2)ccc1OC(C)=O. The molecule has 0 unspecified atom stereocenters. The first-order valence-electron chi connectivity index (χ1n) is 8.61. The van der Waals surface area contributed by atoms with Gasteiger partial charge in [-0.1, -0.05) is 12.1 Å². The lowest BCUT2D eigenvalue weighted by Gasteiger charge is -2.11. The Kier molecular flexibility index (Phi) is 7.23. The van der Waals surface area contributed by atoms with Crippen LogP contribution < -0.4 is 20.1 Å². The van der Waals surface area contributed by atoms with E-state index in [1.807, 2.05) is 0 Å². The molecule has 0 aliphatic heterocycles. The lowest BCUT2D eigenvalue weighted by Crippen LogP contribution is -2.29. The Morgan fingerprint density at radius 2 is 1.80 bits per heavy atom. The maximum Gasteiger partial charge on any atom is 0.308 e. The molecule has 2 aromatic rings. The zero-order valence-electron chi connectivity index (χ0n) is 16.4. The average Bonchev–Trinajstić information content (AvgIpc) is 2.68. The number of nitrogens with one attached hydrogen (secondary N) is 2. The number of non-ortho nitro benzene ring substituents is 1. The van der Waals surface area contributed by atoms with Gasteiger partial charge in [-0.15, -0.1) is 0 Å². The largest absolute Gasteiger partial charge is 0.493 e. The molecule has 0 bridgehead atoms. The minimum Gasteiger partial charge on any atom is -0.493 e. The number of rotatable bonds is 7. The van der Waals surface area contributed by atoms with Gasteiger partial charge in [-0.3, -0.25) is 24.5 Å². The molecule has 156 valence electrons. The third kappa shape index (κ3) is 6.16. The molecule has 0 heterocycles. The number of carbonyl (C=O) groups is 3. The summed E-state index contributed by atoms with van der Waals surface area (Å²) in [7, 11) is 1.39. The van der Waals surface area contributed by atoms with Gasteiger partial charge in [0, 0.05) is 31.7 Å². The first-order valence-corrected chi connectivity index (χ1v) is 8.61. The second-order valence-electron chi connectivity index (χ2n) is 6.00.